The van der Waals surface area contributed by atoms with Gasteiger partial charge < -0.3 is 5.32 Å². The molecule has 2 fully saturated rings. The Labute approximate surface area is 132 Å². The fourth-order valence-corrected chi connectivity index (χ4v) is 3.52. The van der Waals surface area contributed by atoms with Crippen molar-refractivity contribution in [3.8, 4) is 0 Å². The van der Waals surface area contributed by atoms with Crippen molar-refractivity contribution >= 4 is 11.9 Å². The first-order valence-corrected chi connectivity index (χ1v) is 8.66. The van der Waals surface area contributed by atoms with Crippen LogP contribution >= 0.6 is 0 Å². The second-order valence-electron chi connectivity index (χ2n) is 6.62. The molecule has 1 saturated carbocycles. The highest BCUT2D eigenvalue weighted by Gasteiger charge is 2.24. The van der Waals surface area contributed by atoms with E-state index in [0.29, 0.717) is 11.9 Å². The van der Waals surface area contributed by atoms with Crippen LogP contribution in [0, 0.1) is 5.92 Å². The molecule has 122 valence electrons. The van der Waals surface area contributed by atoms with Crippen LogP contribution in [0.2, 0.25) is 0 Å². The number of anilines is 1. The minimum atomic E-state index is 0.120. The summed E-state index contributed by atoms with van der Waals surface area (Å²) in [4.78, 5) is 17.0. The van der Waals surface area contributed by atoms with Crippen LogP contribution in [0.1, 0.15) is 63.1 Å². The van der Waals surface area contributed by atoms with E-state index in [-0.39, 0.29) is 11.8 Å². The van der Waals surface area contributed by atoms with E-state index in [4.69, 9.17) is 0 Å². The summed E-state index contributed by atoms with van der Waals surface area (Å²) in [6.07, 6.45) is 8.99. The van der Waals surface area contributed by atoms with Gasteiger partial charge >= 0.3 is 0 Å². The van der Waals surface area contributed by atoms with Crippen molar-refractivity contribution in [3.63, 3.8) is 0 Å². The molecule has 6 heteroatoms. The third kappa shape index (κ3) is 3.66. The number of amides is 1. The standard InChI is InChI=1S/C16H27N5O/c1-21-16(18-14(20-21)12-8-10-17-11-9-12)19-15(22)13-6-4-2-3-5-7-13/h12-13,17H,2-11H2,1H3,(H,18,19,20,22). The molecule has 1 aromatic rings. The molecule has 22 heavy (non-hydrogen) atoms. The summed E-state index contributed by atoms with van der Waals surface area (Å²) >= 11 is 0. The number of aromatic nitrogens is 3. The number of piperidine rings is 1. The Balaban J connectivity index is 1.64. The first-order valence-electron chi connectivity index (χ1n) is 8.66. The molecule has 6 nitrogen and oxygen atoms in total. The molecule has 0 spiro atoms. The molecule has 0 atom stereocenters. The quantitative estimate of drug-likeness (QED) is 0.840. The van der Waals surface area contributed by atoms with Gasteiger partial charge in [0.05, 0.1) is 0 Å². The molecular formula is C16H27N5O. The van der Waals surface area contributed by atoms with Gasteiger partial charge in [0.15, 0.2) is 5.82 Å². The van der Waals surface area contributed by atoms with Gasteiger partial charge in [0.2, 0.25) is 11.9 Å². The molecule has 1 saturated heterocycles. The van der Waals surface area contributed by atoms with Crippen molar-refractivity contribution in [2.75, 3.05) is 18.4 Å². The fourth-order valence-electron chi connectivity index (χ4n) is 3.52. The molecule has 0 bridgehead atoms. The number of aryl methyl sites for hydroxylation is 1. The van der Waals surface area contributed by atoms with Crippen molar-refractivity contribution in [1.82, 2.24) is 20.1 Å². The van der Waals surface area contributed by atoms with Gasteiger partial charge in [-0.3, -0.25) is 10.1 Å². The topological polar surface area (TPSA) is 71.8 Å². The van der Waals surface area contributed by atoms with Gasteiger partial charge in [-0.15, -0.1) is 0 Å². The van der Waals surface area contributed by atoms with Crippen molar-refractivity contribution in [2.24, 2.45) is 13.0 Å². The molecular weight excluding hydrogens is 278 g/mol. The van der Waals surface area contributed by atoms with Gasteiger partial charge in [-0.2, -0.15) is 10.1 Å². The largest absolute Gasteiger partial charge is 0.317 e. The van der Waals surface area contributed by atoms with E-state index in [1.54, 1.807) is 4.68 Å². The first kappa shape index (κ1) is 15.5. The van der Waals surface area contributed by atoms with E-state index in [9.17, 15) is 4.79 Å². The summed E-state index contributed by atoms with van der Waals surface area (Å²) in [5.41, 5.74) is 0. The monoisotopic (exact) mass is 305 g/mol. The Kier molecular flexibility index (Phi) is 5.08. The smallest absolute Gasteiger partial charge is 0.229 e. The summed E-state index contributed by atoms with van der Waals surface area (Å²) in [7, 11) is 1.86. The number of rotatable bonds is 3. The molecule has 1 aliphatic carbocycles. The zero-order valence-electron chi connectivity index (χ0n) is 13.5. The predicted molar refractivity (Wildman–Crippen MR) is 85.7 cm³/mol. The molecule has 0 unspecified atom stereocenters. The Morgan fingerprint density at radius 1 is 1.14 bits per heavy atom. The van der Waals surface area contributed by atoms with Gasteiger partial charge in [-0.05, 0) is 38.8 Å². The van der Waals surface area contributed by atoms with Crippen LogP contribution in [0.4, 0.5) is 5.95 Å². The second kappa shape index (κ2) is 7.22. The van der Waals surface area contributed by atoms with Crippen LogP contribution < -0.4 is 10.6 Å². The van der Waals surface area contributed by atoms with E-state index in [1.165, 1.54) is 12.8 Å². The minimum absolute atomic E-state index is 0.120. The van der Waals surface area contributed by atoms with Crippen LogP contribution in [-0.4, -0.2) is 33.8 Å². The molecule has 1 aromatic heterocycles. The van der Waals surface area contributed by atoms with Crippen LogP contribution in [0.5, 0.6) is 0 Å². The van der Waals surface area contributed by atoms with Crippen molar-refractivity contribution in [3.05, 3.63) is 5.82 Å². The molecule has 2 aliphatic rings. The van der Waals surface area contributed by atoms with Gasteiger partial charge in [0, 0.05) is 18.9 Å². The lowest BCUT2D eigenvalue weighted by molar-refractivity contribution is -0.120. The third-order valence-corrected chi connectivity index (χ3v) is 4.94. The van der Waals surface area contributed by atoms with E-state index >= 15 is 0 Å². The Bertz CT molecular complexity index is 499. The van der Waals surface area contributed by atoms with Gasteiger partial charge in [0.1, 0.15) is 0 Å². The Morgan fingerprint density at radius 3 is 2.50 bits per heavy atom. The number of hydrogen-bond donors (Lipinski definition) is 2. The average molecular weight is 305 g/mol. The summed E-state index contributed by atoms with van der Waals surface area (Å²) in [5.74, 6) is 2.15. The summed E-state index contributed by atoms with van der Waals surface area (Å²) in [6.45, 7) is 2.04. The summed E-state index contributed by atoms with van der Waals surface area (Å²) in [6, 6.07) is 0. The maximum Gasteiger partial charge on any atom is 0.229 e. The van der Waals surface area contributed by atoms with E-state index in [0.717, 1.165) is 57.4 Å². The number of carbonyl (C=O) groups excluding carboxylic acids is 1. The molecule has 2 N–H and O–H groups in total. The van der Waals surface area contributed by atoms with Crippen LogP contribution in [0.3, 0.4) is 0 Å². The summed E-state index contributed by atoms with van der Waals surface area (Å²) < 4.78 is 1.71. The SMILES string of the molecule is Cn1nc(C2CCNCC2)nc1NC(=O)C1CCCCCC1. The van der Waals surface area contributed by atoms with E-state index in [2.05, 4.69) is 20.7 Å². The number of nitrogens with one attached hydrogen (secondary N) is 2. The maximum absolute atomic E-state index is 12.5. The molecule has 0 aromatic carbocycles. The Morgan fingerprint density at radius 2 is 1.82 bits per heavy atom. The third-order valence-electron chi connectivity index (χ3n) is 4.94. The van der Waals surface area contributed by atoms with Crippen LogP contribution in [-0.2, 0) is 11.8 Å². The minimum Gasteiger partial charge on any atom is -0.317 e. The van der Waals surface area contributed by atoms with Crippen LogP contribution in [0.25, 0.3) is 0 Å². The number of carbonyl (C=O) groups is 1. The molecule has 2 heterocycles. The summed E-state index contributed by atoms with van der Waals surface area (Å²) in [5, 5.41) is 10.9. The van der Waals surface area contributed by atoms with E-state index in [1.807, 2.05) is 7.05 Å². The molecule has 1 amide bonds. The molecule has 1 aliphatic heterocycles. The lowest BCUT2D eigenvalue weighted by Crippen LogP contribution is -2.27. The highest BCUT2D eigenvalue weighted by molar-refractivity contribution is 5.91. The average Bonchev–Trinajstić information content (AvgIpc) is 2.76. The van der Waals surface area contributed by atoms with E-state index < -0.39 is 0 Å². The lowest BCUT2D eigenvalue weighted by atomic mass is 9.98. The van der Waals surface area contributed by atoms with Crippen molar-refractivity contribution in [2.45, 2.75) is 57.3 Å². The maximum atomic E-state index is 12.5. The number of hydrogen-bond acceptors (Lipinski definition) is 4. The Hall–Kier alpha value is -1.43. The van der Waals surface area contributed by atoms with Gasteiger partial charge in [0.25, 0.3) is 0 Å². The van der Waals surface area contributed by atoms with Gasteiger partial charge in [-0.25, -0.2) is 4.68 Å². The highest BCUT2D eigenvalue weighted by atomic mass is 16.2. The lowest BCUT2D eigenvalue weighted by Gasteiger charge is -2.19. The van der Waals surface area contributed by atoms with Crippen LogP contribution in [0.15, 0.2) is 0 Å². The van der Waals surface area contributed by atoms with Gasteiger partial charge in [-0.1, -0.05) is 25.7 Å². The zero-order chi connectivity index (χ0) is 15.4. The second-order valence-corrected chi connectivity index (χ2v) is 6.62. The van der Waals surface area contributed by atoms with Crippen molar-refractivity contribution in [1.29, 1.82) is 0 Å². The predicted octanol–water partition coefficient (Wildman–Crippen LogP) is 2.19. The first-order chi connectivity index (χ1) is 10.7. The number of nitrogens with zero attached hydrogens (tertiary/aromatic N) is 3. The molecule has 3 rings (SSSR count). The highest BCUT2D eigenvalue weighted by Crippen LogP contribution is 2.25. The van der Waals surface area contributed by atoms with Crippen molar-refractivity contribution < 1.29 is 4.79 Å². The molecule has 0 radical (unpaired) electrons. The fraction of sp³-hybridized carbons (Fsp3) is 0.812. The zero-order valence-corrected chi connectivity index (χ0v) is 13.5. The normalized spacial score (nSPS) is 21.5.